The van der Waals surface area contributed by atoms with Gasteiger partial charge in [-0.3, -0.25) is 9.59 Å². The fourth-order valence-electron chi connectivity index (χ4n) is 2.94. The van der Waals surface area contributed by atoms with Crippen molar-refractivity contribution in [2.24, 2.45) is 0 Å². The second kappa shape index (κ2) is 7.97. The molecule has 0 aromatic heterocycles. The van der Waals surface area contributed by atoms with Crippen LogP contribution in [0, 0.1) is 0 Å². The number of rotatable bonds is 6. The number of carbonyl (C=O) groups is 2. The van der Waals surface area contributed by atoms with E-state index in [0.29, 0.717) is 19.5 Å². The van der Waals surface area contributed by atoms with Gasteiger partial charge in [0.25, 0.3) is 0 Å². The van der Waals surface area contributed by atoms with Crippen LogP contribution in [0.2, 0.25) is 0 Å². The summed E-state index contributed by atoms with van der Waals surface area (Å²) in [7, 11) is 0. The quantitative estimate of drug-likeness (QED) is 0.810. The largest absolute Gasteiger partial charge is 0.343 e. The molecule has 1 aliphatic rings. The molecule has 0 saturated carbocycles. The van der Waals surface area contributed by atoms with Gasteiger partial charge in [0.15, 0.2) is 0 Å². The number of hydrogen-bond donors (Lipinski definition) is 0. The molecule has 2 rings (SSSR count). The second-order valence-corrected chi connectivity index (χ2v) is 5.89. The standard InChI is InChI=1S/C18H26N2O2/c1-3-19(14-11-17(21)20-12-7-8-13-20)18(22)15(2)16-9-5-4-6-10-16/h4-6,9-10,15H,3,7-8,11-14H2,1-2H3. The van der Waals surface area contributed by atoms with Gasteiger partial charge in [-0.15, -0.1) is 0 Å². The SMILES string of the molecule is CCN(CCC(=O)N1CCCC1)C(=O)C(C)c1ccccc1. The maximum Gasteiger partial charge on any atom is 0.229 e. The molecular formula is C18H26N2O2. The van der Waals surface area contributed by atoms with Gasteiger partial charge < -0.3 is 9.80 Å². The Balaban J connectivity index is 1.90. The summed E-state index contributed by atoms with van der Waals surface area (Å²) in [5.74, 6) is 0.113. The molecule has 2 amide bonds. The van der Waals surface area contributed by atoms with Gasteiger partial charge in [0.1, 0.15) is 0 Å². The lowest BCUT2D eigenvalue weighted by atomic mass is 10.00. The molecule has 1 aromatic carbocycles. The predicted molar refractivity (Wildman–Crippen MR) is 87.5 cm³/mol. The molecule has 4 heteroatoms. The third-order valence-corrected chi connectivity index (χ3v) is 4.42. The van der Waals surface area contributed by atoms with E-state index in [1.54, 1.807) is 4.90 Å². The van der Waals surface area contributed by atoms with Gasteiger partial charge in [0.05, 0.1) is 5.92 Å². The minimum absolute atomic E-state index is 0.0999. The van der Waals surface area contributed by atoms with Crippen molar-refractivity contribution in [2.75, 3.05) is 26.2 Å². The zero-order valence-corrected chi connectivity index (χ0v) is 13.6. The number of carbonyl (C=O) groups excluding carboxylic acids is 2. The van der Waals surface area contributed by atoms with Crippen LogP contribution in [0.25, 0.3) is 0 Å². The van der Waals surface area contributed by atoms with E-state index in [-0.39, 0.29) is 17.7 Å². The lowest BCUT2D eigenvalue weighted by Crippen LogP contribution is -2.38. The lowest BCUT2D eigenvalue weighted by Gasteiger charge is -2.25. The van der Waals surface area contributed by atoms with Crippen molar-refractivity contribution in [3.63, 3.8) is 0 Å². The van der Waals surface area contributed by atoms with E-state index < -0.39 is 0 Å². The van der Waals surface area contributed by atoms with Crippen LogP contribution in [0.15, 0.2) is 30.3 Å². The number of benzene rings is 1. The Morgan fingerprint density at radius 2 is 1.82 bits per heavy atom. The van der Waals surface area contributed by atoms with E-state index in [4.69, 9.17) is 0 Å². The highest BCUT2D eigenvalue weighted by atomic mass is 16.2. The maximum absolute atomic E-state index is 12.6. The van der Waals surface area contributed by atoms with E-state index in [1.807, 2.05) is 49.1 Å². The molecule has 1 atom stereocenters. The summed E-state index contributed by atoms with van der Waals surface area (Å²) in [6, 6.07) is 9.81. The zero-order valence-electron chi connectivity index (χ0n) is 13.6. The van der Waals surface area contributed by atoms with Gasteiger partial charge >= 0.3 is 0 Å². The van der Waals surface area contributed by atoms with Crippen molar-refractivity contribution in [2.45, 2.75) is 39.0 Å². The molecule has 120 valence electrons. The lowest BCUT2D eigenvalue weighted by molar-refractivity contribution is -0.134. The molecule has 0 spiro atoms. The number of hydrogen-bond acceptors (Lipinski definition) is 2. The topological polar surface area (TPSA) is 40.6 Å². The molecule has 1 heterocycles. The van der Waals surface area contributed by atoms with Crippen molar-refractivity contribution in [1.82, 2.24) is 9.80 Å². The fourth-order valence-corrected chi connectivity index (χ4v) is 2.94. The summed E-state index contributed by atoms with van der Waals surface area (Å²) in [6.45, 7) is 6.81. The maximum atomic E-state index is 12.6. The average Bonchev–Trinajstić information content (AvgIpc) is 3.09. The van der Waals surface area contributed by atoms with Crippen molar-refractivity contribution >= 4 is 11.8 Å². The van der Waals surface area contributed by atoms with Crippen LogP contribution in [0.3, 0.4) is 0 Å². The van der Waals surface area contributed by atoms with Gasteiger partial charge in [0.2, 0.25) is 11.8 Å². The van der Waals surface area contributed by atoms with E-state index in [1.165, 1.54) is 0 Å². The number of amides is 2. The molecule has 0 N–H and O–H groups in total. The summed E-state index contributed by atoms with van der Waals surface area (Å²) < 4.78 is 0. The van der Waals surface area contributed by atoms with Crippen LogP contribution < -0.4 is 0 Å². The summed E-state index contributed by atoms with van der Waals surface area (Å²) in [4.78, 5) is 28.4. The molecule has 4 nitrogen and oxygen atoms in total. The Kier molecular flexibility index (Phi) is 5.99. The molecule has 22 heavy (non-hydrogen) atoms. The van der Waals surface area contributed by atoms with Crippen LogP contribution >= 0.6 is 0 Å². The number of nitrogens with zero attached hydrogens (tertiary/aromatic N) is 2. The van der Waals surface area contributed by atoms with Crippen LogP contribution in [0.4, 0.5) is 0 Å². The first-order valence-corrected chi connectivity index (χ1v) is 8.25. The van der Waals surface area contributed by atoms with Gasteiger partial charge in [0, 0.05) is 32.6 Å². The highest BCUT2D eigenvalue weighted by molar-refractivity contribution is 5.84. The summed E-state index contributed by atoms with van der Waals surface area (Å²) >= 11 is 0. The van der Waals surface area contributed by atoms with Crippen molar-refractivity contribution in [3.05, 3.63) is 35.9 Å². The van der Waals surface area contributed by atoms with E-state index >= 15 is 0 Å². The molecule has 0 radical (unpaired) electrons. The van der Waals surface area contributed by atoms with Crippen molar-refractivity contribution in [3.8, 4) is 0 Å². The smallest absolute Gasteiger partial charge is 0.229 e. The molecular weight excluding hydrogens is 276 g/mol. The molecule has 1 aliphatic heterocycles. The number of likely N-dealkylation sites (N-methyl/N-ethyl adjacent to an activating group) is 1. The Bertz CT molecular complexity index is 495. The average molecular weight is 302 g/mol. The third-order valence-electron chi connectivity index (χ3n) is 4.42. The fraction of sp³-hybridized carbons (Fsp3) is 0.556. The minimum atomic E-state index is -0.164. The summed E-state index contributed by atoms with van der Waals surface area (Å²) in [5, 5.41) is 0. The van der Waals surface area contributed by atoms with Gasteiger partial charge in [-0.05, 0) is 32.3 Å². The second-order valence-electron chi connectivity index (χ2n) is 5.89. The van der Waals surface area contributed by atoms with Crippen molar-refractivity contribution < 1.29 is 9.59 Å². The third kappa shape index (κ3) is 4.09. The molecule has 0 aliphatic carbocycles. The Morgan fingerprint density at radius 3 is 2.41 bits per heavy atom. The van der Waals surface area contributed by atoms with Crippen LogP contribution in [0.5, 0.6) is 0 Å². The highest BCUT2D eigenvalue weighted by Crippen LogP contribution is 2.18. The van der Waals surface area contributed by atoms with Crippen LogP contribution in [0.1, 0.15) is 44.6 Å². The normalized spacial score (nSPS) is 15.6. The molecule has 1 aromatic rings. The number of likely N-dealkylation sites (tertiary alicyclic amines) is 1. The minimum Gasteiger partial charge on any atom is -0.343 e. The molecule has 1 fully saturated rings. The Labute approximate surface area is 133 Å². The van der Waals surface area contributed by atoms with E-state index in [2.05, 4.69) is 0 Å². The Hall–Kier alpha value is -1.84. The summed E-state index contributed by atoms with van der Waals surface area (Å²) in [5.41, 5.74) is 1.02. The monoisotopic (exact) mass is 302 g/mol. The first kappa shape index (κ1) is 16.5. The Morgan fingerprint density at radius 1 is 1.18 bits per heavy atom. The van der Waals surface area contributed by atoms with E-state index in [0.717, 1.165) is 31.5 Å². The van der Waals surface area contributed by atoms with E-state index in [9.17, 15) is 9.59 Å². The van der Waals surface area contributed by atoms with Gasteiger partial charge in [-0.2, -0.15) is 0 Å². The van der Waals surface area contributed by atoms with Gasteiger partial charge in [-0.1, -0.05) is 30.3 Å². The van der Waals surface area contributed by atoms with Crippen LogP contribution in [-0.4, -0.2) is 47.8 Å². The molecule has 0 bridgehead atoms. The highest BCUT2D eigenvalue weighted by Gasteiger charge is 2.23. The first-order chi connectivity index (χ1) is 10.6. The van der Waals surface area contributed by atoms with Crippen LogP contribution in [-0.2, 0) is 9.59 Å². The molecule has 1 unspecified atom stereocenters. The first-order valence-electron chi connectivity index (χ1n) is 8.25. The predicted octanol–water partition coefficient (Wildman–Crippen LogP) is 2.65. The summed E-state index contributed by atoms with van der Waals surface area (Å²) in [6.07, 6.45) is 2.64. The zero-order chi connectivity index (χ0) is 15.9. The van der Waals surface area contributed by atoms with Crippen molar-refractivity contribution in [1.29, 1.82) is 0 Å². The molecule has 1 saturated heterocycles. The van der Waals surface area contributed by atoms with Gasteiger partial charge in [-0.25, -0.2) is 0 Å².